The van der Waals surface area contributed by atoms with Gasteiger partial charge in [0.1, 0.15) is 0 Å². The third-order valence-electron chi connectivity index (χ3n) is 1.95. The minimum absolute atomic E-state index is 0.409. The molecule has 0 unspecified atom stereocenters. The van der Waals surface area contributed by atoms with Gasteiger partial charge in [-0.3, -0.25) is 0 Å². The van der Waals surface area contributed by atoms with Gasteiger partial charge in [0.05, 0.1) is 30.0 Å². The highest BCUT2D eigenvalue weighted by Gasteiger charge is 2.18. The number of nitrogens with one attached hydrogen (secondary N) is 1. The van der Waals surface area contributed by atoms with Crippen molar-refractivity contribution < 1.29 is 4.74 Å². The average molecular weight is 263 g/mol. The first-order chi connectivity index (χ1) is 6.27. The first kappa shape index (κ1) is 9.31. The molecule has 0 radical (unpaired) electrons. The molecule has 1 heterocycles. The van der Waals surface area contributed by atoms with Gasteiger partial charge in [0.15, 0.2) is 0 Å². The Labute approximate surface area is 90.4 Å². The van der Waals surface area contributed by atoms with Gasteiger partial charge in [-0.15, -0.1) is 0 Å². The molecular weight excluding hydrogens is 253 g/mol. The molecule has 2 rings (SSSR count). The standard InChI is InChI=1S/C9H9BrClNO/c10-7-2-1-3-8(9(7)11)12-6-4-13-5-6/h1-3,6,12H,4-5H2. The topological polar surface area (TPSA) is 21.3 Å². The SMILES string of the molecule is Clc1c(Br)cccc1NC1COC1. The van der Waals surface area contributed by atoms with Crippen LogP contribution in [0.4, 0.5) is 5.69 Å². The van der Waals surface area contributed by atoms with E-state index in [0.29, 0.717) is 6.04 Å². The second-order valence-corrected chi connectivity index (χ2v) is 4.21. The van der Waals surface area contributed by atoms with Gasteiger partial charge in [0, 0.05) is 4.47 Å². The molecule has 1 aliphatic rings. The lowest BCUT2D eigenvalue weighted by Crippen LogP contribution is -2.40. The summed E-state index contributed by atoms with van der Waals surface area (Å²) in [7, 11) is 0. The zero-order valence-electron chi connectivity index (χ0n) is 6.89. The minimum atomic E-state index is 0.409. The van der Waals surface area contributed by atoms with Gasteiger partial charge >= 0.3 is 0 Å². The van der Waals surface area contributed by atoms with E-state index in [9.17, 15) is 0 Å². The summed E-state index contributed by atoms with van der Waals surface area (Å²) < 4.78 is 5.98. The molecule has 1 saturated heterocycles. The van der Waals surface area contributed by atoms with Crippen molar-refractivity contribution in [3.05, 3.63) is 27.7 Å². The molecular formula is C9H9BrClNO. The van der Waals surface area contributed by atoms with Crippen molar-refractivity contribution in [1.29, 1.82) is 0 Å². The molecule has 1 aromatic rings. The normalized spacial score (nSPS) is 16.8. The molecule has 1 aromatic carbocycles. The van der Waals surface area contributed by atoms with E-state index >= 15 is 0 Å². The average Bonchev–Trinajstić information content (AvgIpc) is 2.04. The first-order valence-corrected chi connectivity index (χ1v) is 5.23. The van der Waals surface area contributed by atoms with Crippen molar-refractivity contribution in [2.45, 2.75) is 6.04 Å². The Morgan fingerprint density at radius 1 is 1.46 bits per heavy atom. The Balaban J connectivity index is 2.14. The van der Waals surface area contributed by atoms with Crippen LogP contribution < -0.4 is 5.32 Å². The Morgan fingerprint density at radius 2 is 2.23 bits per heavy atom. The molecule has 0 saturated carbocycles. The van der Waals surface area contributed by atoms with Crippen LogP contribution in [0.5, 0.6) is 0 Å². The molecule has 1 fully saturated rings. The van der Waals surface area contributed by atoms with E-state index in [0.717, 1.165) is 28.4 Å². The summed E-state index contributed by atoms with van der Waals surface area (Å²) in [6, 6.07) is 6.25. The minimum Gasteiger partial charge on any atom is -0.377 e. The van der Waals surface area contributed by atoms with Gasteiger partial charge in [-0.1, -0.05) is 17.7 Å². The van der Waals surface area contributed by atoms with Crippen molar-refractivity contribution in [2.24, 2.45) is 0 Å². The lowest BCUT2D eigenvalue weighted by Gasteiger charge is -2.28. The molecule has 0 spiro atoms. The van der Waals surface area contributed by atoms with Crippen LogP contribution >= 0.6 is 27.5 Å². The summed E-state index contributed by atoms with van der Waals surface area (Å²) in [6.45, 7) is 1.53. The molecule has 1 aliphatic heterocycles. The molecule has 4 heteroatoms. The van der Waals surface area contributed by atoms with Crippen molar-refractivity contribution >= 4 is 33.2 Å². The van der Waals surface area contributed by atoms with Crippen LogP contribution in [-0.2, 0) is 4.74 Å². The van der Waals surface area contributed by atoms with Crippen LogP contribution in [0.3, 0.4) is 0 Å². The van der Waals surface area contributed by atoms with E-state index < -0.39 is 0 Å². The highest BCUT2D eigenvalue weighted by Crippen LogP contribution is 2.30. The van der Waals surface area contributed by atoms with E-state index in [2.05, 4.69) is 21.2 Å². The monoisotopic (exact) mass is 261 g/mol. The smallest absolute Gasteiger partial charge is 0.0779 e. The highest BCUT2D eigenvalue weighted by atomic mass is 79.9. The van der Waals surface area contributed by atoms with E-state index in [1.807, 2.05) is 18.2 Å². The first-order valence-electron chi connectivity index (χ1n) is 4.05. The molecule has 1 N–H and O–H groups in total. The third kappa shape index (κ3) is 1.98. The Bertz CT molecular complexity index is 314. The number of rotatable bonds is 2. The Hall–Kier alpha value is -0.250. The molecule has 0 aliphatic carbocycles. The lowest BCUT2D eigenvalue weighted by atomic mass is 10.2. The number of benzene rings is 1. The second kappa shape index (κ2) is 3.86. The summed E-state index contributed by atoms with van der Waals surface area (Å²) in [4.78, 5) is 0. The Kier molecular flexibility index (Phi) is 2.77. The molecule has 0 amide bonds. The molecule has 0 atom stereocenters. The van der Waals surface area contributed by atoms with E-state index in [1.165, 1.54) is 0 Å². The number of halogens is 2. The fourth-order valence-electron chi connectivity index (χ4n) is 1.15. The second-order valence-electron chi connectivity index (χ2n) is 2.98. The predicted octanol–water partition coefficient (Wildman–Crippen LogP) is 2.91. The van der Waals surface area contributed by atoms with Gasteiger partial charge in [-0.2, -0.15) is 0 Å². The van der Waals surface area contributed by atoms with Gasteiger partial charge in [0.2, 0.25) is 0 Å². The summed E-state index contributed by atoms with van der Waals surface area (Å²) in [5, 5.41) is 4.03. The number of anilines is 1. The van der Waals surface area contributed by atoms with Crippen LogP contribution in [0.15, 0.2) is 22.7 Å². The number of ether oxygens (including phenoxy) is 1. The third-order valence-corrected chi connectivity index (χ3v) is 3.25. The van der Waals surface area contributed by atoms with Gasteiger partial charge in [-0.05, 0) is 28.1 Å². The van der Waals surface area contributed by atoms with Crippen LogP contribution in [0.25, 0.3) is 0 Å². The van der Waals surface area contributed by atoms with Crippen molar-refractivity contribution in [2.75, 3.05) is 18.5 Å². The van der Waals surface area contributed by atoms with E-state index in [4.69, 9.17) is 16.3 Å². The zero-order chi connectivity index (χ0) is 9.26. The van der Waals surface area contributed by atoms with Gasteiger partial charge in [0.25, 0.3) is 0 Å². The summed E-state index contributed by atoms with van der Waals surface area (Å²) in [5.41, 5.74) is 0.962. The van der Waals surface area contributed by atoms with Crippen LogP contribution in [0, 0.1) is 0 Å². The maximum Gasteiger partial charge on any atom is 0.0779 e. The lowest BCUT2D eigenvalue weighted by molar-refractivity contribution is 0.0211. The van der Waals surface area contributed by atoms with Crippen molar-refractivity contribution in [3.8, 4) is 0 Å². The largest absolute Gasteiger partial charge is 0.377 e. The predicted molar refractivity (Wildman–Crippen MR) is 57.4 cm³/mol. The quantitative estimate of drug-likeness (QED) is 0.885. The maximum atomic E-state index is 6.07. The van der Waals surface area contributed by atoms with Crippen molar-refractivity contribution in [1.82, 2.24) is 0 Å². The fraction of sp³-hybridized carbons (Fsp3) is 0.333. The summed E-state index contributed by atoms with van der Waals surface area (Å²) >= 11 is 9.44. The van der Waals surface area contributed by atoms with Crippen LogP contribution in [0.1, 0.15) is 0 Å². The summed E-state index contributed by atoms with van der Waals surface area (Å²) in [5.74, 6) is 0. The van der Waals surface area contributed by atoms with E-state index in [-0.39, 0.29) is 0 Å². The van der Waals surface area contributed by atoms with E-state index in [1.54, 1.807) is 0 Å². The molecule has 2 nitrogen and oxygen atoms in total. The van der Waals surface area contributed by atoms with Crippen molar-refractivity contribution in [3.63, 3.8) is 0 Å². The highest BCUT2D eigenvalue weighted by molar-refractivity contribution is 9.10. The van der Waals surface area contributed by atoms with Crippen LogP contribution in [0.2, 0.25) is 5.02 Å². The molecule has 0 bridgehead atoms. The molecule has 70 valence electrons. The van der Waals surface area contributed by atoms with Crippen LogP contribution in [-0.4, -0.2) is 19.3 Å². The fourth-order valence-corrected chi connectivity index (χ4v) is 1.70. The number of hydrogen-bond acceptors (Lipinski definition) is 2. The molecule has 13 heavy (non-hydrogen) atoms. The Morgan fingerprint density at radius 3 is 2.85 bits per heavy atom. The zero-order valence-corrected chi connectivity index (χ0v) is 9.23. The van der Waals surface area contributed by atoms with Gasteiger partial charge < -0.3 is 10.1 Å². The summed E-state index contributed by atoms with van der Waals surface area (Å²) in [6.07, 6.45) is 0. The van der Waals surface area contributed by atoms with Gasteiger partial charge in [-0.25, -0.2) is 0 Å². The number of hydrogen-bond donors (Lipinski definition) is 1. The maximum absolute atomic E-state index is 6.07. The molecule has 0 aromatic heterocycles.